The highest BCUT2D eigenvalue weighted by Gasteiger charge is 2.32. The molecule has 0 aromatic rings. The summed E-state index contributed by atoms with van der Waals surface area (Å²) < 4.78 is 63.3. The van der Waals surface area contributed by atoms with Gasteiger partial charge in [0, 0.05) is 58.1 Å². The summed E-state index contributed by atoms with van der Waals surface area (Å²) in [5.41, 5.74) is 25.2. The average molecular weight is 1000 g/mol. The molecule has 0 aromatic heterocycles. The van der Waals surface area contributed by atoms with Gasteiger partial charge in [-0.3, -0.25) is 4.90 Å². The van der Waals surface area contributed by atoms with Crippen LogP contribution in [0.4, 0.5) is 0 Å². The average Bonchev–Trinajstić information content (AvgIpc) is 3.28. The van der Waals surface area contributed by atoms with E-state index in [1.54, 1.807) is 4.90 Å². The van der Waals surface area contributed by atoms with E-state index in [1.807, 2.05) is 0 Å². The number of rotatable bonds is 52. The fourth-order valence-corrected chi connectivity index (χ4v) is 6.42. The predicted octanol–water partition coefficient (Wildman–Crippen LogP) is 0.983. The summed E-state index contributed by atoms with van der Waals surface area (Å²) in [6, 6.07) is -0.730. The third-order valence-corrected chi connectivity index (χ3v) is 10.2. The summed E-state index contributed by atoms with van der Waals surface area (Å²) in [5, 5.41) is 42.9. The second kappa shape index (κ2) is 44.7. The van der Waals surface area contributed by atoms with Crippen LogP contribution in [0.2, 0.25) is 0 Å². The molecule has 0 rings (SSSR count). The third kappa shape index (κ3) is 43.3. The van der Waals surface area contributed by atoms with Gasteiger partial charge in [0.2, 0.25) is 0 Å². The van der Waals surface area contributed by atoms with Gasteiger partial charge in [0.1, 0.15) is 0 Å². The van der Waals surface area contributed by atoms with Crippen LogP contribution in [0.3, 0.4) is 0 Å². The summed E-state index contributed by atoms with van der Waals surface area (Å²) in [7, 11) is 0. The van der Waals surface area contributed by atoms with Crippen LogP contribution < -0.4 is 22.9 Å². The summed E-state index contributed by atoms with van der Waals surface area (Å²) in [4.78, 5) is 1.74. The monoisotopic (exact) mass is 1000 g/mol. The number of aliphatic hydroxyl groups excluding tert-OH is 4. The van der Waals surface area contributed by atoms with E-state index >= 15 is 0 Å². The normalized spacial score (nSPS) is 16.5. The van der Waals surface area contributed by atoms with Crippen LogP contribution in [-0.2, 0) is 52.1 Å². The molecule has 0 aromatic carbocycles. The molecular formula is C49H105N5O15. The smallest absolute Gasteiger partial charge is 0.0900 e. The Labute approximate surface area is 417 Å². The molecule has 0 bridgehead atoms. The molecule has 20 nitrogen and oxygen atoms in total. The lowest BCUT2D eigenvalue weighted by Gasteiger charge is -2.35. The highest BCUT2D eigenvalue weighted by molar-refractivity contribution is 4.82. The van der Waals surface area contributed by atoms with Gasteiger partial charge < -0.3 is 95.5 Å². The van der Waals surface area contributed by atoms with Gasteiger partial charge in [-0.05, 0) is 49.4 Å². The number of nitrogens with zero attached hydrogens (tertiary/aromatic N) is 1. The van der Waals surface area contributed by atoms with Crippen molar-refractivity contribution in [1.82, 2.24) is 4.90 Å². The van der Waals surface area contributed by atoms with Gasteiger partial charge in [0.05, 0.1) is 155 Å². The van der Waals surface area contributed by atoms with Crippen molar-refractivity contribution in [2.45, 2.75) is 124 Å². The van der Waals surface area contributed by atoms with Crippen LogP contribution in [0.25, 0.3) is 0 Å². The molecular weight excluding hydrogens is 899 g/mol. The maximum atomic E-state index is 11.0. The van der Waals surface area contributed by atoms with Crippen LogP contribution in [0, 0.1) is 29.1 Å². The molecule has 0 amide bonds. The van der Waals surface area contributed by atoms with Crippen molar-refractivity contribution in [1.29, 1.82) is 0 Å². The number of aliphatic hydroxyl groups is 4. The molecule has 0 spiro atoms. The van der Waals surface area contributed by atoms with Crippen LogP contribution in [0.5, 0.6) is 0 Å². The van der Waals surface area contributed by atoms with Crippen molar-refractivity contribution < 1.29 is 72.5 Å². The second-order valence-electron chi connectivity index (χ2n) is 20.2. The highest BCUT2D eigenvalue weighted by atomic mass is 16.5. The van der Waals surface area contributed by atoms with Gasteiger partial charge in [-0.15, -0.1) is 0 Å². The van der Waals surface area contributed by atoms with Gasteiger partial charge in [0.15, 0.2) is 0 Å². The van der Waals surface area contributed by atoms with E-state index in [2.05, 4.69) is 55.4 Å². The molecule has 416 valence electrons. The van der Waals surface area contributed by atoms with E-state index in [-0.39, 0.29) is 97.8 Å². The summed E-state index contributed by atoms with van der Waals surface area (Å²) >= 11 is 0. The largest absolute Gasteiger partial charge is 0.391 e. The third-order valence-electron chi connectivity index (χ3n) is 10.2. The first-order chi connectivity index (χ1) is 32.9. The maximum Gasteiger partial charge on any atom is 0.0900 e. The van der Waals surface area contributed by atoms with Crippen LogP contribution in [-0.4, -0.2) is 233 Å². The minimum Gasteiger partial charge on any atom is -0.391 e. The molecule has 0 radical (unpaired) electrons. The number of ether oxygens (including phenoxy) is 11. The SMILES string of the molecule is CC(C)COCCOCC(O)CCC(N)COCC(CN)(COCC(N)CCC(O)COCCOCC(C)C)COCC(N)N(CC(O)COCCOCC(C)C)CC(O)COCCOCC(C)C. The van der Waals surface area contributed by atoms with Gasteiger partial charge in [0.25, 0.3) is 0 Å². The Morgan fingerprint density at radius 2 is 0.638 bits per heavy atom. The molecule has 7 unspecified atom stereocenters. The Bertz CT molecular complexity index is 1040. The number of hydrogen-bond acceptors (Lipinski definition) is 20. The molecule has 69 heavy (non-hydrogen) atoms. The van der Waals surface area contributed by atoms with Crippen molar-refractivity contribution >= 4 is 0 Å². The molecule has 0 aliphatic rings. The first-order valence-electron chi connectivity index (χ1n) is 25.7. The summed E-state index contributed by atoms with van der Waals surface area (Å²) in [6.07, 6.45) is -2.04. The van der Waals surface area contributed by atoms with Crippen LogP contribution in [0.1, 0.15) is 81.1 Å². The Kier molecular flexibility index (Phi) is 44.1. The van der Waals surface area contributed by atoms with Gasteiger partial charge >= 0.3 is 0 Å². The van der Waals surface area contributed by atoms with Crippen molar-refractivity contribution in [3.63, 3.8) is 0 Å². The Morgan fingerprint density at radius 3 is 0.928 bits per heavy atom. The van der Waals surface area contributed by atoms with Crippen molar-refractivity contribution in [3.8, 4) is 0 Å². The summed E-state index contributed by atoms with van der Waals surface area (Å²) in [6.45, 7) is 24.0. The van der Waals surface area contributed by atoms with E-state index in [0.717, 1.165) is 0 Å². The van der Waals surface area contributed by atoms with Crippen LogP contribution >= 0.6 is 0 Å². The predicted molar refractivity (Wildman–Crippen MR) is 268 cm³/mol. The second-order valence-corrected chi connectivity index (χ2v) is 20.2. The molecule has 0 saturated carbocycles. The van der Waals surface area contributed by atoms with Gasteiger partial charge in [-0.1, -0.05) is 55.4 Å². The summed E-state index contributed by atoms with van der Waals surface area (Å²) in [5.74, 6) is 1.70. The molecule has 0 fully saturated rings. The first-order valence-corrected chi connectivity index (χ1v) is 25.7. The zero-order valence-corrected chi connectivity index (χ0v) is 44.4. The van der Waals surface area contributed by atoms with E-state index in [0.29, 0.717) is 129 Å². The number of nitrogens with two attached hydrogens (primary N) is 4. The molecule has 0 saturated heterocycles. The lowest BCUT2D eigenvalue weighted by molar-refractivity contribution is -0.0825. The van der Waals surface area contributed by atoms with Crippen LogP contribution in [0.15, 0.2) is 0 Å². The van der Waals surface area contributed by atoms with E-state index < -0.39 is 36.0 Å². The van der Waals surface area contributed by atoms with Gasteiger partial charge in [-0.25, -0.2) is 0 Å². The quantitative estimate of drug-likeness (QED) is 0.0311. The molecule has 0 heterocycles. The van der Waals surface area contributed by atoms with Crippen molar-refractivity contribution in [2.24, 2.45) is 52.0 Å². The maximum absolute atomic E-state index is 11.0. The first kappa shape index (κ1) is 68.2. The fraction of sp³-hybridized carbons (Fsp3) is 1.00. The van der Waals surface area contributed by atoms with Crippen molar-refractivity contribution in [2.75, 3.05) is 165 Å². The van der Waals surface area contributed by atoms with Crippen molar-refractivity contribution in [3.05, 3.63) is 0 Å². The zero-order valence-electron chi connectivity index (χ0n) is 44.4. The Hall–Kier alpha value is -0.800. The fourth-order valence-electron chi connectivity index (χ4n) is 6.42. The highest BCUT2D eigenvalue weighted by Crippen LogP contribution is 2.20. The lowest BCUT2D eigenvalue weighted by Crippen LogP contribution is -2.53. The number of hydrogen-bond donors (Lipinski definition) is 8. The molecule has 12 N–H and O–H groups in total. The minimum absolute atomic E-state index is 0.0155. The molecule has 20 heteroatoms. The molecule has 0 aliphatic heterocycles. The minimum atomic E-state index is -0.914. The Morgan fingerprint density at radius 1 is 0.362 bits per heavy atom. The molecule has 7 atom stereocenters. The zero-order chi connectivity index (χ0) is 51.7. The molecule has 0 aliphatic carbocycles. The van der Waals surface area contributed by atoms with E-state index in [1.165, 1.54) is 0 Å². The van der Waals surface area contributed by atoms with E-state index in [4.69, 9.17) is 75.0 Å². The lowest BCUT2D eigenvalue weighted by atomic mass is 9.91. The van der Waals surface area contributed by atoms with E-state index in [9.17, 15) is 20.4 Å². The topological polar surface area (TPSA) is 290 Å². The Balaban J connectivity index is 5.57. The van der Waals surface area contributed by atoms with Gasteiger partial charge in [-0.2, -0.15) is 0 Å². The standard InChI is InChI=1S/C49H105N5O15/c1-38(2)23-59-13-17-63-29-44(55)11-9-42(51)27-67-35-49(34-50,36-68-28-43(52)10-12-45(56)30-64-18-14-60-24-39(3)4)37-69-33-48(53)54(21-46(57)31-65-19-15-61-25-40(5)6)22-47(58)32-66-20-16-62-26-41(7)8/h38-48,55-58H,9-37,50-53H2,1-8H3.